The molecule has 5 N–H and O–H groups in total. The summed E-state index contributed by atoms with van der Waals surface area (Å²) < 4.78 is 32.8. The summed E-state index contributed by atoms with van der Waals surface area (Å²) in [5, 5.41) is 21.8. The molecule has 3 saturated heterocycles. The number of nitrogens with one attached hydrogen (secondary N) is 2. The molecule has 0 unspecified atom stereocenters. The van der Waals surface area contributed by atoms with Gasteiger partial charge in [0.15, 0.2) is 6.61 Å². The molecule has 3 aliphatic heterocycles. The molecule has 2 bridgehead atoms. The van der Waals surface area contributed by atoms with Gasteiger partial charge < -0.3 is 25.6 Å². The maximum Gasteiger partial charge on any atom is 0.474 e. The van der Waals surface area contributed by atoms with Gasteiger partial charge in [-0.2, -0.15) is 15.0 Å². The Bertz CT molecular complexity index is 591. The van der Waals surface area contributed by atoms with Gasteiger partial charge >= 0.3 is 13.8 Å². The standard InChI is InChI=1S/C12H20N5O7P/c18-3-1-13-9-15-10(14-2-4-19)17-11(16-9)21-5-12-6-22-25(20,23-7-12)24-8-12/h18-19H,1-8H2,(H2,13,14,15,16,17)/p+1. The molecular weight excluding hydrogens is 357 g/mol. The number of fused-ring (bicyclic) bond motifs is 3. The van der Waals surface area contributed by atoms with Crippen molar-refractivity contribution in [2.45, 2.75) is 0 Å². The minimum absolute atomic E-state index is 0.0663. The predicted octanol–water partition coefficient (Wildman–Crippen LogP) is -1.04. The number of aliphatic hydroxyl groups excluding tert-OH is 1. The predicted molar refractivity (Wildman–Crippen MR) is 85.8 cm³/mol. The van der Waals surface area contributed by atoms with E-state index in [1.807, 2.05) is 0 Å². The highest BCUT2D eigenvalue weighted by Crippen LogP contribution is 2.59. The summed E-state index contributed by atoms with van der Waals surface area (Å²) in [4.78, 5) is 12.4. The van der Waals surface area contributed by atoms with Gasteiger partial charge in [0.25, 0.3) is 0 Å². The van der Waals surface area contributed by atoms with Crippen LogP contribution < -0.4 is 15.4 Å². The third kappa shape index (κ3) is 4.54. The van der Waals surface area contributed by atoms with E-state index in [4.69, 9.17) is 28.5 Å². The van der Waals surface area contributed by atoms with Crippen molar-refractivity contribution >= 4 is 19.7 Å². The van der Waals surface area contributed by atoms with E-state index in [0.717, 1.165) is 0 Å². The van der Waals surface area contributed by atoms with Crippen molar-refractivity contribution in [3.63, 3.8) is 0 Å². The second-order valence-corrected chi connectivity index (χ2v) is 7.32. The molecule has 4 rings (SSSR count). The highest BCUT2D eigenvalue weighted by Gasteiger charge is 2.51. The third-order valence-electron chi connectivity index (χ3n) is 3.51. The second kappa shape index (κ2) is 7.77. The van der Waals surface area contributed by atoms with Crippen LogP contribution in [0.4, 0.5) is 11.9 Å². The average molecular weight is 378 g/mol. The molecule has 0 saturated carbocycles. The number of nitrogens with zero attached hydrogens (tertiary/aromatic N) is 3. The highest BCUT2D eigenvalue weighted by molar-refractivity contribution is 7.48. The Balaban J connectivity index is 1.67. The number of anilines is 2. The summed E-state index contributed by atoms with van der Waals surface area (Å²) in [5.41, 5.74) is -0.577. The van der Waals surface area contributed by atoms with Crippen molar-refractivity contribution in [2.75, 3.05) is 63.4 Å². The van der Waals surface area contributed by atoms with Crippen LogP contribution in [0.1, 0.15) is 0 Å². The van der Waals surface area contributed by atoms with Gasteiger partial charge in [0.05, 0.1) is 38.4 Å². The Hall–Kier alpha value is -1.56. The SMILES string of the molecule is O=P12OCC(COc3nc(NCCO)nc(NCC[OH2+])n3)(CO1)CO2. The maximum atomic E-state index is 11.8. The molecule has 0 aromatic carbocycles. The first kappa shape index (κ1) is 18.2. The number of phosphoric ester groups is 1. The summed E-state index contributed by atoms with van der Waals surface area (Å²) in [7, 11) is -3.37. The van der Waals surface area contributed by atoms with E-state index in [1.165, 1.54) is 0 Å². The van der Waals surface area contributed by atoms with E-state index in [9.17, 15) is 4.57 Å². The van der Waals surface area contributed by atoms with Crippen LogP contribution in [0.3, 0.4) is 0 Å². The third-order valence-corrected chi connectivity index (χ3v) is 4.85. The number of hydrogen-bond donors (Lipinski definition) is 3. The number of ether oxygens (including phenoxy) is 1. The van der Waals surface area contributed by atoms with Crippen molar-refractivity contribution in [3.05, 3.63) is 0 Å². The molecule has 0 aliphatic carbocycles. The summed E-state index contributed by atoms with van der Waals surface area (Å²) in [5.74, 6) is 0.500. The van der Waals surface area contributed by atoms with Crippen LogP contribution in [0, 0.1) is 5.41 Å². The minimum Gasteiger partial charge on any atom is -0.462 e. The Morgan fingerprint density at radius 2 is 1.72 bits per heavy atom. The Kier molecular flexibility index (Phi) is 5.67. The van der Waals surface area contributed by atoms with E-state index in [2.05, 4.69) is 25.6 Å². The van der Waals surface area contributed by atoms with Crippen LogP contribution in [0.2, 0.25) is 0 Å². The number of phosphoric acid groups is 1. The molecule has 25 heavy (non-hydrogen) atoms. The number of aromatic nitrogens is 3. The van der Waals surface area contributed by atoms with Crippen LogP contribution in [0.15, 0.2) is 0 Å². The van der Waals surface area contributed by atoms with Crippen molar-refractivity contribution < 1.29 is 33.1 Å². The number of hydrogen-bond acceptors (Lipinski definition) is 11. The van der Waals surface area contributed by atoms with Crippen LogP contribution in [-0.2, 0) is 18.1 Å². The highest BCUT2D eigenvalue weighted by atomic mass is 31.2. The molecule has 1 aromatic rings. The lowest BCUT2D eigenvalue weighted by Crippen LogP contribution is -2.48. The number of rotatable bonds is 9. The van der Waals surface area contributed by atoms with Crippen molar-refractivity contribution in [1.29, 1.82) is 0 Å². The van der Waals surface area contributed by atoms with Crippen LogP contribution in [0.5, 0.6) is 6.01 Å². The van der Waals surface area contributed by atoms with Crippen LogP contribution in [-0.4, -0.2) is 77.9 Å². The fourth-order valence-electron chi connectivity index (χ4n) is 2.15. The summed E-state index contributed by atoms with van der Waals surface area (Å²) in [6, 6.07) is 0.0663. The van der Waals surface area contributed by atoms with Gasteiger partial charge in [-0.3, -0.25) is 13.6 Å². The molecule has 0 atom stereocenters. The van der Waals surface area contributed by atoms with E-state index < -0.39 is 13.2 Å². The maximum absolute atomic E-state index is 11.8. The zero-order chi connectivity index (χ0) is 17.8. The average Bonchev–Trinajstić information content (AvgIpc) is 2.64. The molecular formula is C12H21N5O7P+. The zero-order valence-electron chi connectivity index (χ0n) is 13.4. The quantitative estimate of drug-likeness (QED) is 0.356. The lowest BCUT2D eigenvalue weighted by molar-refractivity contribution is -0.111. The normalized spacial score (nSPS) is 27.9. The molecule has 1 aromatic heterocycles. The largest absolute Gasteiger partial charge is 0.474 e. The lowest BCUT2D eigenvalue weighted by atomic mass is 9.92. The molecule has 140 valence electrons. The van der Waals surface area contributed by atoms with E-state index in [1.54, 1.807) is 0 Å². The van der Waals surface area contributed by atoms with Gasteiger partial charge in [-0.25, -0.2) is 4.57 Å². The smallest absolute Gasteiger partial charge is 0.462 e. The molecule has 13 heteroatoms. The summed E-state index contributed by atoms with van der Waals surface area (Å²) in [6.07, 6.45) is 0. The first-order chi connectivity index (χ1) is 12.1. The van der Waals surface area contributed by atoms with E-state index in [-0.39, 0.29) is 64.1 Å². The van der Waals surface area contributed by atoms with Gasteiger partial charge in [-0.1, -0.05) is 0 Å². The lowest BCUT2D eigenvalue weighted by Gasteiger charge is -2.43. The van der Waals surface area contributed by atoms with Gasteiger partial charge in [0.1, 0.15) is 6.61 Å². The zero-order valence-corrected chi connectivity index (χ0v) is 14.3. The Morgan fingerprint density at radius 3 is 2.28 bits per heavy atom. The molecule has 12 nitrogen and oxygen atoms in total. The first-order valence-corrected chi connectivity index (χ1v) is 9.18. The monoisotopic (exact) mass is 378 g/mol. The summed E-state index contributed by atoms with van der Waals surface area (Å²) in [6.45, 7) is 1.49. The molecule has 0 amide bonds. The fourth-order valence-corrected chi connectivity index (χ4v) is 3.67. The van der Waals surface area contributed by atoms with Crippen LogP contribution >= 0.6 is 7.82 Å². The molecule has 0 radical (unpaired) electrons. The second-order valence-electron chi connectivity index (χ2n) is 5.65. The number of aliphatic hydroxyl groups is 1. The van der Waals surface area contributed by atoms with Gasteiger partial charge in [0, 0.05) is 6.54 Å². The Labute approximate surface area is 143 Å². The van der Waals surface area contributed by atoms with E-state index >= 15 is 0 Å². The van der Waals surface area contributed by atoms with Gasteiger partial charge in [-0.15, -0.1) is 0 Å². The van der Waals surface area contributed by atoms with Crippen LogP contribution in [0.25, 0.3) is 0 Å². The van der Waals surface area contributed by atoms with Gasteiger partial charge in [-0.05, 0) is 0 Å². The van der Waals surface area contributed by atoms with Crippen molar-refractivity contribution in [1.82, 2.24) is 15.0 Å². The van der Waals surface area contributed by atoms with Gasteiger partial charge in [0.2, 0.25) is 11.9 Å². The topological polar surface area (TPSA) is 160 Å². The molecule has 0 spiro atoms. The summed E-state index contributed by atoms with van der Waals surface area (Å²) >= 11 is 0. The minimum atomic E-state index is -3.37. The molecule has 3 aliphatic rings. The van der Waals surface area contributed by atoms with Crippen molar-refractivity contribution in [2.24, 2.45) is 5.41 Å². The first-order valence-electron chi connectivity index (χ1n) is 7.72. The van der Waals surface area contributed by atoms with Crippen molar-refractivity contribution in [3.8, 4) is 6.01 Å². The van der Waals surface area contributed by atoms with E-state index in [0.29, 0.717) is 6.54 Å². The molecule has 3 fully saturated rings. The Morgan fingerprint density at radius 1 is 1.12 bits per heavy atom. The fraction of sp³-hybridized carbons (Fsp3) is 0.750. The molecule has 4 heterocycles.